The third kappa shape index (κ3) is 2.87. The van der Waals surface area contributed by atoms with E-state index in [1.807, 2.05) is 0 Å². The molecular formula is C14H12FNO4S. The van der Waals surface area contributed by atoms with Crippen molar-refractivity contribution in [1.82, 2.24) is 0 Å². The summed E-state index contributed by atoms with van der Waals surface area (Å²) >= 11 is 0. The van der Waals surface area contributed by atoms with Crippen molar-refractivity contribution >= 4 is 21.7 Å². The summed E-state index contributed by atoms with van der Waals surface area (Å²) < 4.78 is 39.2. The summed E-state index contributed by atoms with van der Waals surface area (Å²) in [6, 6.07) is 10.2. The SMILES string of the molecule is CN(c1ccccc1F)S(=O)(=O)c1ccc(C(=O)O)cc1. The average Bonchev–Trinajstić information content (AvgIpc) is 2.47. The highest BCUT2D eigenvalue weighted by Gasteiger charge is 2.23. The molecule has 0 heterocycles. The van der Waals surface area contributed by atoms with Crippen molar-refractivity contribution in [1.29, 1.82) is 0 Å². The molecule has 7 heteroatoms. The molecule has 0 unspecified atom stereocenters. The Labute approximate surface area is 121 Å². The molecule has 0 aliphatic carbocycles. The van der Waals surface area contributed by atoms with Gasteiger partial charge in [0.15, 0.2) is 0 Å². The Morgan fingerprint density at radius 2 is 1.67 bits per heavy atom. The largest absolute Gasteiger partial charge is 0.478 e. The molecule has 0 bridgehead atoms. The molecule has 0 saturated carbocycles. The van der Waals surface area contributed by atoms with E-state index in [-0.39, 0.29) is 16.1 Å². The number of nitrogens with zero attached hydrogens (tertiary/aromatic N) is 1. The number of carboxylic acids is 1. The highest BCUT2D eigenvalue weighted by Crippen LogP contribution is 2.24. The molecule has 2 aromatic rings. The van der Waals surface area contributed by atoms with Gasteiger partial charge in [0.25, 0.3) is 10.0 Å². The third-order valence-corrected chi connectivity index (χ3v) is 4.74. The lowest BCUT2D eigenvalue weighted by Crippen LogP contribution is -2.27. The first kappa shape index (κ1) is 15.0. The van der Waals surface area contributed by atoms with Gasteiger partial charge in [-0.2, -0.15) is 0 Å². The lowest BCUT2D eigenvalue weighted by atomic mass is 10.2. The van der Waals surface area contributed by atoms with E-state index >= 15 is 0 Å². The maximum atomic E-state index is 13.7. The molecule has 0 saturated heterocycles. The van der Waals surface area contributed by atoms with Gasteiger partial charge in [-0.3, -0.25) is 4.31 Å². The maximum Gasteiger partial charge on any atom is 0.335 e. The minimum Gasteiger partial charge on any atom is -0.478 e. The van der Waals surface area contributed by atoms with Gasteiger partial charge in [-0.1, -0.05) is 12.1 Å². The molecule has 0 radical (unpaired) electrons. The second-order valence-electron chi connectivity index (χ2n) is 4.25. The highest BCUT2D eigenvalue weighted by atomic mass is 32.2. The van der Waals surface area contributed by atoms with Crippen LogP contribution < -0.4 is 4.31 Å². The molecule has 21 heavy (non-hydrogen) atoms. The van der Waals surface area contributed by atoms with Gasteiger partial charge >= 0.3 is 5.97 Å². The molecule has 0 aromatic heterocycles. The molecule has 0 amide bonds. The van der Waals surface area contributed by atoms with E-state index in [2.05, 4.69) is 0 Å². The number of rotatable bonds is 4. The summed E-state index contributed by atoms with van der Waals surface area (Å²) in [6.07, 6.45) is 0. The van der Waals surface area contributed by atoms with E-state index in [0.29, 0.717) is 0 Å². The second-order valence-corrected chi connectivity index (χ2v) is 6.22. The van der Waals surface area contributed by atoms with Crippen LogP contribution in [0.25, 0.3) is 0 Å². The number of carbonyl (C=O) groups is 1. The van der Waals surface area contributed by atoms with Crippen LogP contribution in [0.15, 0.2) is 53.4 Å². The zero-order valence-electron chi connectivity index (χ0n) is 11.0. The first-order valence-electron chi connectivity index (χ1n) is 5.91. The van der Waals surface area contributed by atoms with Crippen molar-refractivity contribution in [3.8, 4) is 0 Å². The lowest BCUT2D eigenvalue weighted by molar-refractivity contribution is 0.0696. The van der Waals surface area contributed by atoms with Crippen molar-refractivity contribution in [2.75, 3.05) is 11.4 Å². The fourth-order valence-electron chi connectivity index (χ4n) is 1.76. The van der Waals surface area contributed by atoms with Gasteiger partial charge in [0, 0.05) is 7.05 Å². The van der Waals surface area contributed by atoms with E-state index in [1.54, 1.807) is 0 Å². The maximum absolute atomic E-state index is 13.7. The molecule has 0 fully saturated rings. The van der Waals surface area contributed by atoms with Crippen LogP contribution in [0.2, 0.25) is 0 Å². The van der Waals surface area contributed by atoms with Crippen LogP contribution in [0, 0.1) is 5.82 Å². The van der Waals surface area contributed by atoms with E-state index in [9.17, 15) is 17.6 Å². The zero-order valence-corrected chi connectivity index (χ0v) is 11.8. The number of anilines is 1. The number of sulfonamides is 1. The lowest BCUT2D eigenvalue weighted by Gasteiger charge is -2.20. The van der Waals surface area contributed by atoms with Crippen molar-refractivity contribution < 1.29 is 22.7 Å². The van der Waals surface area contributed by atoms with Crippen LogP contribution in [-0.2, 0) is 10.0 Å². The van der Waals surface area contributed by atoms with Crippen LogP contribution in [0.4, 0.5) is 10.1 Å². The van der Waals surface area contributed by atoms with E-state index in [1.165, 1.54) is 49.5 Å². The van der Waals surface area contributed by atoms with E-state index < -0.39 is 21.8 Å². The molecule has 2 rings (SSSR count). The van der Waals surface area contributed by atoms with E-state index in [4.69, 9.17) is 5.11 Å². The molecular weight excluding hydrogens is 297 g/mol. The van der Waals surface area contributed by atoms with Gasteiger partial charge in [0.1, 0.15) is 5.82 Å². The van der Waals surface area contributed by atoms with Crippen molar-refractivity contribution in [3.05, 3.63) is 59.9 Å². The van der Waals surface area contributed by atoms with Crippen LogP contribution in [0.5, 0.6) is 0 Å². The topological polar surface area (TPSA) is 74.7 Å². The van der Waals surface area contributed by atoms with Gasteiger partial charge in [-0.05, 0) is 36.4 Å². The van der Waals surface area contributed by atoms with Crippen LogP contribution in [-0.4, -0.2) is 26.5 Å². The van der Waals surface area contributed by atoms with Crippen LogP contribution >= 0.6 is 0 Å². The smallest absolute Gasteiger partial charge is 0.335 e. The monoisotopic (exact) mass is 309 g/mol. The summed E-state index contributed by atoms with van der Waals surface area (Å²) in [5.41, 5.74) is -0.109. The van der Waals surface area contributed by atoms with Gasteiger partial charge in [0.2, 0.25) is 0 Å². The van der Waals surface area contributed by atoms with Gasteiger partial charge in [-0.25, -0.2) is 17.6 Å². The van der Waals surface area contributed by atoms with Gasteiger partial charge in [0.05, 0.1) is 16.1 Å². The number of aromatic carboxylic acids is 1. The Balaban J connectivity index is 2.42. The number of para-hydroxylation sites is 1. The molecule has 0 aliphatic rings. The van der Waals surface area contributed by atoms with Crippen molar-refractivity contribution in [2.45, 2.75) is 4.90 Å². The summed E-state index contributed by atoms with van der Waals surface area (Å²) in [7, 11) is -2.72. The minimum absolute atomic E-state index is 0.0255. The standard InChI is InChI=1S/C14H12FNO4S/c1-16(13-5-3-2-4-12(13)15)21(19,20)11-8-6-10(7-9-11)14(17)18/h2-9H,1H3,(H,17,18). The molecule has 2 aromatic carbocycles. The first-order chi connectivity index (χ1) is 9.84. The molecule has 1 N–H and O–H groups in total. The summed E-state index contributed by atoms with van der Waals surface area (Å²) in [4.78, 5) is 10.6. The fraction of sp³-hybridized carbons (Fsp3) is 0.0714. The molecule has 110 valence electrons. The quantitative estimate of drug-likeness (QED) is 0.940. The summed E-state index contributed by atoms with van der Waals surface area (Å²) in [5, 5.41) is 8.79. The number of hydrogen-bond donors (Lipinski definition) is 1. The number of carboxylic acid groups (broad SMARTS) is 1. The third-order valence-electron chi connectivity index (χ3n) is 2.95. The minimum atomic E-state index is -3.96. The average molecular weight is 309 g/mol. The Hall–Kier alpha value is -2.41. The van der Waals surface area contributed by atoms with Gasteiger partial charge in [-0.15, -0.1) is 0 Å². The predicted molar refractivity (Wildman–Crippen MR) is 75.4 cm³/mol. The molecule has 0 atom stereocenters. The normalized spacial score (nSPS) is 11.1. The highest BCUT2D eigenvalue weighted by molar-refractivity contribution is 7.92. The van der Waals surface area contributed by atoms with Crippen molar-refractivity contribution in [3.63, 3.8) is 0 Å². The van der Waals surface area contributed by atoms with E-state index in [0.717, 1.165) is 10.4 Å². The Morgan fingerprint density at radius 3 is 2.19 bits per heavy atom. The Kier molecular flexibility index (Phi) is 3.95. The Morgan fingerprint density at radius 1 is 1.10 bits per heavy atom. The van der Waals surface area contributed by atoms with Gasteiger partial charge < -0.3 is 5.11 Å². The molecule has 5 nitrogen and oxygen atoms in total. The molecule has 0 spiro atoms. The second kappa shape index (κ2) is 5.53. The number of hydrogen-bond acceptors (Lipinski definition) is 3. The molecule has 0 aliphatic heterocycles. The van der Waals surface area contributed by atoms with Crippen LogP contribution in [0.1, 0.15) is 10.4 Å². The zero-order chi connectivity index (χ0) is 15.6. The number of benzene rings is 2. The summed E-state index contributed by atoms with van der Waals surface area (Å²) in [6.45, 7) is 0. The Bertz CT molecular complexity index is 772. The van der Waals surface area contributed by atoms with Crippen LogP contribution in [0.3, 0.4) is 0 Å². The van der Waals surface area contributed by atoms with Crippen molar-refractivity contribution in [2.24, 2.45) is 0 Å². The number of halogens is 1. The first-order valence-corrected chi connectivity index (χ1v) is 7.35. The fourth-order valence-corrected chi connectivity index (χ4v) is 2.97. The predicted octanol–water partition coefficient (Wildman–Crippen LogP) is 2.35. The summed E-state index contributed by atoms with van der Waals surface area (Å²) in [5.74, 6) is -1.81.